The van der Waals surface area contributed by atoms with Crippen molar-refractivity contribution in [3.63, 3.8) is 0 Å². The van der Waals surface area contributed by atoms with E-state index < -0.39 is 0 Å². The van der Waals surface area contributed by atoms with Gasteiger partial charge in [-0.3, -0.25) is 4.68 Å². The number of nitrogen functional groups attached to an aromatic ring is 1. The Kier molecular flexibility index (Phi) is 2.76. The average molecular weight is 220 g/mol. The highest BCUT2D eigenvalue weighted by atomic mass is 19.1. The summed E-state index contributed by atoms with van der Waals surface area (Å²) >= 11 is 0. The molecule has 1 aromatic heterocycles. The fourth-order valence-corrected chi connectivity index (χ4v) is 1.47. The van der Waals surface area contributed by atoms with Crippen LogP contribution in [0.15, 0.2) is 30.5 Å². The highest BCUT2D eigenvalue weighted by Gasteiger charge is 2.04. The number of aromatic nitrogens is 2. The minimum absolute atomic E-state index is 0.192. The van der Waals surface area contributed by atoms with Crippen LogP contribution in [-0.4, -0.2) is 9.78 Å². The molecule has 0 aliphatic carbocycles. The van der Waals surface area contributed by atoms with Gasteiger partial charge >= 0.3 is 0 Å². The Bertz CT molecular complexity index is 492. The number of nitrogens with zero attached hydrogens (tertiary/aromatic N) is 2. The summed E-state index contributed by atoms with van der Waals surface area (Å²) in [7, 11) is 1.83. The molecule has 0 radical (unpaired) electrons. The van der Waals surface area contributed by atoms with E-state index in [2.05, 4.69) is 10.4 Å². The van der Waals surface area contributed by atoms with Gasteiger partial charge in [-0.25, -0.2) is 4.39 Å². The van der Waals surface area contributed by atoms with Crippen molar-refractivity contribution in [3.05, 3.63) is 41.8 Å². The molecule has 84 valence electrons. The summed E-state index contributed by atoms with van der Waals surface area (Å²) in [6.45, 7) is 0.475. The van der Waals surface area contributed by atoms with E-state index in [0.717, 1.165) is 11.4 Å². The van der Waals surface area contributed by atoms with Crippen molar-refractivity contribution in [1.82, 2.24) is 9.78 Å². The molecule has 0 atom stereocenters. The van der Waals surface area contributed by atoms with E-state index in [0.29, 0.717) is 6.54 Å². The topological polar surface area (TPSA) is 55.9 Å². The number of para-hydroxylation sites is 1. The molecule has 0 unspecified atom stereocenters. The number of benzene rings is 1. The minimum atomic E-state index is -0.385. The molecule has 0 saturated heterocycles. The smallest absolute Gasteiger partial charge is 0.146 e. The van der Waals surface area contributed by atoms with Crippen molar-refractivity contribution < 1.29 is 4.39 Å². The van der Waals surface area contributed by atoms with Crippen LogP contribution in [0.5, 0.6) is 0 Å². The number of aryl methyl sites for hydroxylation is 1. The van der Waals surface area contributed by atoms with Crippen molar-refractivity contribution in [1.29, 1.82) is 0 Å². The van der Waals surface area contributed by atoms with Gasteiger partial charge in [-0.15, -0.1) is 0 Å². The highest BCUT2D eigenvalue weighted by molar-refractivity contribution is 5.49. The SMILES string of the molecule is Cn1nccc1NCc1cccc(F)c1N. The van der Waals surface area contributed by atoms with Gasteiger partial charge in [-0.2, -0.15) is 5.10 Å². The second-order valence-corrected chi connectivity index (χ2v) is 3.51. The molecule has 4 nitrogen and oxygen atoms in total. The van der Waals surface area contributed by atoms with Gasteiger partial charge in [0.2, 0.25) is 0 Å². The van der Waals surface area contributed by atoms with Gasteiger partial charge in [0.05, 0.1) is 11.9 Å². The Morgan fingerprint density at radius 1 is 1.44 bits per heavy atom. The molecule has 2 rings (SSSR count). The van der Waals surface area contributed by atoms with Crippen LogP contribution in [0.3, 0.4) is 0 Å². The van der Waals surface area contributed by atoms with Crippen LogP contribution in [0.25, 0.3) is 0 Å². The third-order valence-electron chi connectivity index (χ3n) is 2.42. The first-order valence-electron chi connectivity index (χ1n) is 4.93. The number of rotatable bonds is 3. The lowest BCUT2D eigenvalue weighted by Crippen LogP contribution is -2.07. The second-order valence-electron chi connectivity index (χ2n) is 3.51. The van der Waals surface area contributed by atoms with Gasteiger partial charge in [-0.1, -0.05) is 12.1 Å². The molecule has 0 spiro atoms. The van der Waals surface area contributed by atoms with Crippen LogP contribution in [0.1, 0.15) is 5.56 Å². The van der Waals surface area contributed by atoms with E-state index >= 15 is 0 Å². The number of nitrogens with two attached hydrogens (primary N) is 1. The molecule has 0 fully saturated rings. The van der Waals surface area contributed by atoms with Gasteiger partial charge in [0.15, 0.2) is 0 Å². The fraction of sp³-hybridized carbons (Fsp3) is 0.182. The number of halogens is 1. The summed E-state index contributed by atoms with van der Waals surface area (Å²) < 4.78 is 14.9. The van der Waals surface area contributed by atoms with E-state index in [1.807, 2.05) is 13.1 Å². The van der Waals surface area contributed by atoms with E-state index in [1.165, 1.54) is 6.07 Å². The maximum Gasteiger partial charge on any atom is 0.146 e. The highest BCUT2D eigenvalue weighted by Crippen LogP contribution is 2.17. The first kappa shape index (κ1) is 10.5. The van der Waals surface area contributed by atoms with Gasteiger partial charge in [0, 0.05) is 19.7 Å². The summed E-state index contributed by atoms with van der Waals surface area (Å²) in [5.74, 6) is 0.480. The third kappa shape index (κ3) is 1.98. The minimum Gasteiger partial charge on any atom is -0.396 e. The monoisotopic (exact) mass is 220 g/mol. The lowest BCUT2D eigenvalue weighted by molar-refractivity contribution is 0.631. The number of hydrogen-bond donors (Lipinski definition) is 2. The zero-order valence-electron chi connectivity index (χ0n) is 8.94. The Labute approximate surface area is 92.9 Å². The molecule has 5 heteroatoms. The Hall–Kier alpha value is -2.04. The lowest BCUT2D eigenvalue weighted by Gasteiger charge is -2.09. The molecule has 1 heterocycles. The first-order valence-corrected chi connectivity index (χ1v) is 4.93. The Morgan fingerprint density at radius 3 is 2.94 bits per heavy atom. The maximum atomic E-state index is 13.2. The standard InChI is InChI=1S/C11H13FN4/c1-16-10(5-6-15-16)14-7-8-3-2-4-9(12)11(8)13/h2-6,14H,7,13H2,1H3. The normalized spacial score (nSPS) is 10.4. The molecule has 16 heavy (non-hydrogen) atoms. The van der Waals surface area contributed by atoms with E-state index in [-0.39, 0.29) is 11.5 Å². The summed E-state index contributed by atoms with van der Waals surface area (Å²) in [6.07, 6.45) is 1.69. The summed E-state index contributed by atoms with van der Waals surface area (Å²) in [4.78, 5) is 0. The molecule has 0 amide bonds. The van der Waals surface area contributed by atoms with Crippen LogP contribution < -0.4 is 11.1 Å². The Balaban J connectivity index is 2.11. The molecule has 1 aromatic carbocycles. The van der Waals surface area contributed by atoms with Crippen molar-refractivity contribution in [2.75, 3.05) is 11.1 Å². The predicted octanol–water partition coefficient (Wildman–Crippen LogP) is 1.75. The lowest BCUT2D eigenvalue weighted by atomic mass is 10.2. The zero-order valence-corrected chi connectivity index (χ0v) is 8.94. The number of hydrogen-bond acceptors (Lipinski definition) is 3. The van der Waals surface area contributed by atoms with Crippen molar-refractivity contribution in [2.24, 2.45) is 7.05 Å². The first-order chi connectivity index (χ1) is 7.68. The van der Waals surface area contributed by atoms with Crippen molar-refractivity contribution in [3.8, 4) is 0 Å². The summed E-state index contributed by atoms with van der Waals surface area (Å²) in [5.41, 5.74) is 6.55. The maximum absolute atomic E-state index is 13.2. The van der Waals surface area contributed by atoms with Crippen LogP contribution >= 0.6 is 0 Å². The zero-order chi connectivity index (χ0) is 11.5. The third-order valence-corrected chi connectivity index (χ3v) is 2.42. The van der Waals surface area contributed by atoms with Gasteiger partial charge in [-0.05, 0) is 11.6 Å². The van der Waals surface area contributed by atoms with Gasteiger partial charge in [0.25, 0.3) is 0 Å². The number of anilines is 2. The molecule has 2 aromatic rings. The molecular formula is C11H13FN4. The molecule has 3 N–H and O–H groups in total. The van der Waals surface area contributed by atoms with Gasteiger partial charge < -0.3 is 11.1 Å². The van der Waals surface area contributed by atoms with Crippen LogP contribution in [0, 0.1) is 5.82 Å². The van der Waals surface area contributed by atoms with Crippen LogP contribution in [0.2, 0.25) is 0 Å². The largest absolute Gasteiger partial charge is 0.396 e. The van der Waals surface area contributed by atoms with E-state index in [9.17, 15) is 4.39 Å². The van der Waals surface area contributed by atoms with Crippen molar-refractivity contribution in [2.45, 2.75) is 6.54 Å². The van der Waals surface area contributed by atoms with Gasteiger partial charge in [0.1, 0.15) is 11.6 Å². The fourth-order valence-electron chi connectivity index (χ4n) is 1.47. The summed E-state index contributed by atoms with van der Waals surface area (Å²) in [5, 5.41) is 7.15. The van der Waals surface area contributed by atoms with Crippen LogP contribution in [0.4, 0.5) is 15.9 Å². The van der Waals surface area contributed by atoms with E-state index in [1.54, 1.807) is 23.0 Å². The molecule has 0 saturated carbocycles. The van der Waals surface area contributed by atoms with E-state index in [4.69, 9.17) is 5.73 Å². The predicted molar refractivity (Wildman–Crippen MR) is 61.3 cm³/mol. The Morgan fingerprint density at radius 2 is 2.25 bits per heavy atom. The van der Waals surface area contributed by atoms with Crippen molar-refractivity contribution >= 4 is 11.5 Å². The molecule has 0 aliphatic rings. The van der Waals surface area contributed by atoms with Crippen LogP contribution in [-0.2, 0) is 13.6 Å². The second kappa shape index (κ2) is 4.22. The average Bonchev–Trinajstić information content (AvgIpc) is 2.67. The molecule has 0 aliphatic heterocycles. The number of nitrogens with one attached hydrogen (secondary N) is 1. The summed E-state index contributed by atoms with van der Waals surface area (Å²) in [6, 6.07) is 6.63. The molecular weight excluding hydrogens is 207 g/mol. The quantitative estimate of drug-likeness (QED) is 0.775. The molecule has 0 bridgehead atoms.